The van der Waals surface area contributed by atoms with Crippen molar-refractivity contribution in [3.63, 3.8) is 0 Å². The number of hydrogen-bond acceptors (Lipinski definition) is 5. The molecule has 11 heteroatoms. The molecule has 0 radical (unpaired) electrons. The number of benzene rings is 2. The van der Waals surface area contributed by atoms with E-state index in [4.69, 9.17) is 43.6 Å². The SMILES string of the molecule is CS(=O)(=O)O.N=C(N)Nc1ccc(C(=O)Oc2cc(Cl)cc(Cl)c2)cc1. The van der Waals surface area contributed by atoms with Gasteiger partial charge in [0.2, 0.25) is 0 Å². The van der Waals surface area contributed by atoms with Crippen LogP contribution in [-0.2, 0) is 10.1 Å². The molecule has 0 amide bonds. The Morgan fingerprint density at radius 2 is 1.62 bits per heavy atom. The lowest BCUT2D eigenvalue weighted by atomic mass is 10.2. The lowest BCUT2D eigenvalue weighted by Gasteiger charge is -2.07. The van der Waals surface area contributed by atoms with E-state index in [0.717, 1.165) is 0 Å². The number of anilines is 1. The first-order valence-electron chi connectivity index (χ1n) is 6.76. The summed E-state index contributed by atoms with van der Waals surface area (Å²) in [7, 11) is -3.67. The molecular formula is C15H15Cl2N3O5S. The maximum Gasteiger partial charge on any atom is 0.343 e. The van der Waals surface area contributed by atoms with Gasteiger partial charge in [0.25, 0.3) is 10.1 Å². The number of carbonyl (C=O) groups is 1. The summed E-state index contributed by atoms with van der Waals surface area (Å²) in [6.45, 7) is 0. The van der Waals surface area contributed by atoms with Gasteiger partial charge in [0.1, 0.15) is 5.75 Å². The van der Waals surface area contributed by atoms with Crippen LogP contribution < -0.4 is 15.8 Å². The van der Waals surface area contributed by atoms with Crippen LogP contribution in [0.1, 0.15) is 10.4 Å². The van der Waals surface area contributed by atoms with Crippen molar-refractivity contribution in [3.8, 4) is 5.75 Å². The van der Waals surface area contributed by atoms with Crippen molar-refractivity contribution in [1.29, 1.82) is 5.41 Å². The highest BCUT2D eigenvalue weighted by atomic mass is 35.5. The average Bonchev–Trinajstić information content (AvgIpc) is 2.44. The summed E-state index contributed by atoms with van der Waals surface area (Å²) < 4.78 is 31.1. The normalized spacial score (nSPS) is 10.3. The summed E-state index contributed by atoms with van der Waals surface area (Å²) >= 11 is 11.7. The zero-order valence-electron chi connectivity index (χ0n) is 13.4. The molecular weight excluding hydrogens is 405 g/mol. The van der Waals surface area contributed by atoms with Crippen LogP contribution in [0.2, 0.25) is 10.0 Å². The van der Waals surface area contributed by atoms with E-state index in [1.54, 1.807) is 30.3 Å². The number of guanidine groups is 1. The van der Waals surface area contributed by atoms with Crippen LogP contribution >= 0.6 is 23.2 Å². The zero-order valence-corrected chi connectivity index (χ0v) is 15.7. The third-order valence-corrected chi connectivity index (χ3v) is 2.88. The fourth-order valence-electron chi connectivity index (χ4n) is 1.60. The Bertz CT molecular complexity index is 874. The third kappa shape index (κ3) is 9.23. The van der Waals surface area contributed by atoms with Gasteiger partial charge in [0, 0.05) is 15.7 Å². The van der Waals surface area contributed by atoms with E-state index in [9.17, 15) is 13.2 Å². The average molecular weight is 420 g/mol. The van der Waals surface area contributed by atoms with E-state index in [2.05, 4.69) is 5.32 Å². The summed E-state index contributed by atoms with van der Waals surface area (Å²) in [5, 5.41) is 10.5. The van der Waals surface area contributed by atoms with Crippen LogP contribution in [0.25, 0.3) is 0 Å². The number of halogens is 2. The minimum Gasteiger partial charge on any atom is -0.423 e. The molecule has 2 aromatic carbocycles. The Balaban J connectivity index is 0.000000597. The highest BCUT2D eigenvalue weighted by Crippen LogP contribution is 2.25. The number of nitrogens with one attached hydrogen (secondary N) is 2. The molecule has 0 bridgehead atoms. The highest BCUT2D eigenvalue weighted by Gasteiger charge is 2.10. The van der Waals surface area contributed by atoms with Crippen LogP contribution in [-0.4, -0.2) is 31.2 Å². The van der Waals surface area contributed by atoms with Gasteiger partial charge in [0.15, 0.2) is 5.96 Å². The molecule has 0 saturated heterocycles. The summed E-state index contributed by atoms with van der Waals surface area (Å²) in [6, 6.07) is 10.9. The second-order valence-electron chi connectivity index (χ2n) is 4.84. The van der Waals surface area contributed by atoms with Gasteiger partial charge in [-0.1, -0.05) is 23.2 Å². The van der Waals surface area contributed by atoms with Crippen LogP contribution in [0.15, 0.2) is 42.5 Å². The van der Waals surface area contributed by atoms with Crippen molar-refractivity contribution < 1.29 is 22.5 Å². The molecule has 5 N–H and O–H groups in total. The minimum absolute atomic E-state index is 0.182. The Labute approximate surface area is 160 Å². The maximum absolute atomic E-state index is 12.0. The summed E-state index contributed by atoms with van der Waals surface area (Å²) in [5.74, 6) is -0.454. The van der Waals surface area contributed by atoms with Gasteiger partial charge in [0.05, 0.1) is 11.8 Å². The van der Waals surface area contributed by atoms with Crippen molar-refractivity contribution in [2.75, 3.05) is 11.6 Å². The summed E-state index contributed by atoms with van der Waals surface area (Å²) in [6.07, 6.45) is 0.715. The van der Waals surface area contributed by atoms with Gasteiger partial charge in [-0.3, -0.25) is 9.96 Å². The monoisotopic (exact) mass is 419 g/mol. The van der Waals surface area contributed by atoms with Crippen LogP contribution in [0.3, 0.4) is 0 Å². The summed E-state index contributed by atoms with van der Waals surface area (Å²) in [4.78, 5) is 12.0. The van der Waals surface area contributed by atoms with Crippen molar-refractivity contribution in [2.45, 2.75) is 0 Å². The molecule has 0 unspecified atom stereocenters. The first-order chi connectivity index (χ1) is 11.9. The minimum atomic E-state index is -3.67. The van der Waals surface area contributed by atoms with E-state index < -0.39 is 16.1 Å². The molecule has 2 rings (SSSR count). The van der Waals surface area contributed by atoms with Crippen molar-refractivity contribution in [3.05, 3.63) is 58.1 Å². The number of ether oxygens (including phenoxy) is 1. The fourth-order valence-corrected chi connectivity index (χ4v) is 2.10. The van der Waals surface area contributed by atoms with E-state index in [0.29, 0.717) is 27.6 Å². The first-order valence-corrected chi connectivity index (χ1v) is 9.36. The van der Waals surface area contributed by atoms with Gasteiger partial charge in [-0.05, 0) is 42.5 Å². The number of nitrogens with two attached hydrogens (primary N) is 1. The maximum atomic E-state index is 12.0. The number of hydrogen-bond donors (Lipinski definition) is 4. The Morgan fingerprint density at radius 1 is 1.15 bits per heavy atom. The molecule has 0 aromatic heterocycles. The Morgan fingerprint density at radius 3 is 2.04 bits per heavy atom. The Kier molecular flexibility index (Phi) is 7.84. The van der Waals surface area contributed by atoms with E-state index in [-0.39, 0.29) is 11.7 Å². The van der Waals surface area contributed by atoms with E-state index >= 15 is 0 Å². The van der Waals surface area contributed by atoms with Gasteiger partial charge >= 0.3 is 5.97 Å². The number of rotatable bonds is 3. The topological polar surface area (TPSA) is 143 Å². The van der Waals surface area contributed by atoms with Crippen LogP contribution in [0.5, 0.6) is 5.75 Å². The van der Waals surface area contributed by atoms with Gasteiger partial charge in [-0.25, -0.2) is 4.79 Å². The molecule has 26 heavy (non-hydrogen) atoms. The predicted molar refractivity (Wildman–Crippen MR) is 101 cm³/mol. The largest absolute Gasteiger partial charge is 0.423 e. The zero-order chi connectivity index (χ0) is 19.9. The highest BCUT2D eigenvalue weighted by molar-refractivity contribution is 7.85. The standard InChI is InChI=1S/C14H11Cl2N3O2.CH4O3S/c15-9-5-10(16)7-12(6-9)21-13(20)8-1-3-11(4-2-8)19-14(17)18;1-5(2,3)4/h1-7H,(H4,17,18,19);1H3,(H,2,3,4). The van der Waals surface area contributed by atoms with Gasteiger partial charge in [-0.15, -0.1) is 0 Å². The number of carbonyl (C=O) groups excluding carboxylic acids is 1. The van der Waals surface area contributed by atoms with Gasteiger partial charge in [-0.2, -0.15) is 8.42 Å². The first kappa shape index (κ1) is 21.7. The van der Waals surface area contributed by atoms with Gasteiger partial charge < -0.3 is 15.8 Å². The molecule has 0 saturated carbocycles. The van der Waals surface area contributed by atoms with Crippen LogP contribution in [0.4, 0.5) is 5.69 Å². The molecule has 8 nitrogen and oxygen atoms in total. The van der Waals surface area contributed by atoms with E-state index in [1.807, 2.05) is 0 Å². The molecule has 0 fully saturated rings. The second kappa shape index (κ2) is 9.39. The Hall–Kier alpha value is -2.33. The third-order valence-electron chi connectivity index (χ3n) is 2.45. The molecule has 0 spiro atoms. The molecule has 2 aromatic rings. The van der Waals surface area contributed by atoms with Crippen LogP contribution in [0, 0.1) is 5.41 Å². The van der Waals surface area contributed by atoms with Crippen molar-refractivity contribution in [2.24, 2.45) is 5.73 Å². The fraction of sp³-hybridized carbons (Fsp3) is 0.0667. The molecule has 140 valence electrons. The number of esters is 1. The lowest BCUT2D eigenvalue weighted by molar-refractivity contribution is 0.0735. The molecule has 0 atom stereocenters. The molecule has 0 aliphatic rings. The molecule has 0 aliphatic heterocycles. The smallest absolute Gasteiger partial charge is 0.343 e. The second-order valence-corrected chi connectivity index (χ2v) is 7.18. The van der Waals surface area contributed by atoms with Crippen molar-refractivity contribution in [1.82, 2.24) is 0 Å². The van der Waals surface area contributed by atoms with E-state index in [1.165, 1.54) is 12.1 Å². The molecule has 0 aliphatic carbocycles. The summed E-state index contributed by atoms with van der Waals surface area (Å²) in [5.41, 5.74) is 6.16. The van der Waals surface area contributed by atoms with Crippen molar-refractivity contribution >= 4 is 50.9 Å². The molecule has 0 heterocycles. The quantitative estimate of drug-likeness (QED) is 0.197. The predicted octanol–water partition coefficient (Wildman–Crippen LogP) is 3.02. The lowest BCUT2D eigenvalue weighted by Crippen LogP contribution is -2.20.